The second-order valence-electron chi connectivity index (χ2n) is 11.7. The van der Waals surface area contributed by atoms with E-state index < -0.39 is 0 Å². The van der Waals surface area contributed by atoms with Crippen LogP contribution in [-0.2, 0) is 0 Å². The molecule has 0 amide bonds. The minimum atomic E-state index is -0.0802. The van der Waals surface area contributed by atoms with Crippen molar-refractivity contribution in [1.29, 1.82) is 0 Å². The summed E-state index contributed by atoms with van der Waals surface area (Å²) in [7, 11) is 1.50. The maximum Gasteiger partial charge on any atom is 0.176 e. The van der Waals surface area contributed by atoms with Crippen molar-refractivity contribution in [3.63, 3.8) is 0 Å². The van der Waals surface area contributed by atoms with E-state index in [0.717, 1.165) is 52.4 Å². The van der Waals surface area contributed by atoms with Gasteiger partial charge in [0.15, 0.2) is 17.3 Å². The minimum absolute atomic E-state index is 0.0771. The van der Waals surface area contributed by atoms with Crippen LogP contribution in [0.3, 0.4) is 0 Å². The fraction of sp³-hybridized carbons (Fsp3) is 0.467. The van der Waals surface area contributed by atoms with Gasteiger partial charge in [-0.1, -0.05) is 17.7 Å². The van der Waals surface area contributed by atoms with E-state index >= 15 is 0 Å². The van der Waals surface area contributed by atoms with Crippen molar-refractivity contribution in [2.45, 2.75) is 51.0 Å². The van der Waals surface area contributed by atoms with E-state index in [-0.39, 0.29) is 28.5 Å². The van der Waals surface area contributed by atoms with Gasteiger partial charge < -0.3 is 14.9 Å². The van der Waals surface area contributed by atoms with Crippen LogP contribution in [0, 0.1) is 29.6 Å². The first-order valence-corrected chi connectivity index (χ1v) is 13.9. The molecule has 3 aromatic rings. The van der Waals surface area contributed by atoms with Gasteiger partial charge in [0.1, 0.15) is 0 Å². The first-order chi connectivity index (χ1) is 17.9. The average Bonchev–Trinajstić information content (AvgIpc) is 3.73. The molecule has 3 N–H and O–H groups in total. The largest absolute Gasteiger partial charge is 0.503 e. The quantitative estimate of drug-likeness (QED) is 0.224. The topological polar surface area (TPSA) is 88.7 Å². The van der Waals surface area contributed by atoms with Crippen LogP contribution in [0.2, 0.25) is 5.02 Å². The van der Waals surface area contributed by atoms with Crippen LogP contribution in [0.4, 0.5) is 5.69 Å². The molecule has 0 radical (unpaired) electrons. The summed E-state index contributed by atoms with van der Waals surface area (Å²) in [6.45, 7) is 0. The smallest absolute Gasteiger partial charge is 0.176 e. The predicted molar refractivity (Wildman–Crippen MR) is 145 cm³/mol. The van der Waals surface area contributed by atoms with Gasteiger partial charge in [0.25, 0.3) is 0 Å². The number of hydrogen-bond acceptors (Lipinski definition) is 6. The van der Waals surface area contributed by atoms with Gasteiger partial charge in [0.05, 0.1) is 34.9 Å². The number of phenols is 1. The molecule has 0 unspecified atom stereocenters. The molecule has 5 fully saturated rings. The second-order valence-corrected chi connectivity index (χ2v) is 12.1. The fourth-order valence-electron chi connectivity index (χ4n) is 7.78. The summed E-state index contributed by atoms with van der Waals surface area (Å²) in [6.07, 6.45) is 9.99. The number of ether oxygens (including phenoxy) is 1. The van der Waals surface area contributed by atoms with Gasteiger partial charge in [0, 0.05) is 17.5 Å². The van der Waals surface area contributed by atoms with Gasteiger partial charge in [-0.2, -0.15) is 0 Å². The Balaban J connectivity index is 1.38. The van der Waals surface area contributed by atoms with E-state index in [0.29, 0.717) is 23.1 Å². The van der Waals surface area contributed by atoms with Crippen molar-refractivity contribution in [2.24, 2.45) is 35.4 Å². The highest BCUT2D eigenvalue weighted by Gasteiger charge is 2.50. The molecule has 4 bridgehead atoms. The number of Topliss-reactive ketones (excluding diaryl/α,β-unsaturated/α-hetero) is 1. The number of nitrogens with two attached hydrogens (primary N) is 1. The molecule has 1 heterocycles. The van der Waals surface area contributed by atoms with Gasteiger partial charge in [0.2, 0.25) is 0 Å². The Morgan fingerprint density at radius 1 is 1.05 bits per heavy atom. The summed E-state index contributed by atoms with van der Waals surface area (Å²) in [4.78, 5) is 18.2. The van der Waals surface area contributed by atoms with E-state index in [1.54, 1.807) is 18.3 Å². The average molecular weight is 518 g/mol. The zero-order chi connectivity index (χ0) is 25.4. The van der Waals surface area contributed by atoms with Crippen molar-refractivity contribution < 1.29 is 14.6 Å². The Labute approximate surface area is 221 Å². The number of fused-ring (bicyclic) bond motifs is 1. The Morgan fingerprint density at radius 2 is 1.76 bits per heavy atom. The molecular weight excluding hydrogens is 486 g/mol. The number of nitrogens with zero attached hydrogens (tertiary/aromatic N) is 2. The number of pyridine rings is 1. The van der Waals surface area contributed by atoms with Gasteiger partial charge in [-0.15, -0.1) is 0 Å². The first-order valence-electron chi connectivity index (χ1n) is 13.5. The van der Waals surface area contributed by atoms with E-state index in [2.05, 4.69) is 6.07 Å². The Morgan fingerprint density at radius 3 is 2.41 bits per heavy atom. The molecule has 37 heavy (non-hydrogen) atoms. The Kier molecular flexibility index (Phi) is 5.42. The van der Waals surface area contributed by atoms with Crippen LogP contribution in [0.5, 0.6) is 11.5 Å². The summed E-state index contributed by atoms with van der Waals surface area (Å²) in [5, 5.41) is 13.3. The lowest BCUT2D eigenvalue weighted by Crippen LogP contribution is -2.58. The summed E-state index contributed by atoms with van der Waals surface area (Å²) in [6, 6.07) is 9.75. The van der Waals surface area contributed by atoms with Gasteiger partial charge in [-0.05, 0) is 104 Å². The molecule has 0 saturated heterocycles. The number of methoxy groups -OCH3 is 1. The highest BCUT2D eigenvalue weighted by Crippen LogP contribution is 2.56. The SMILES string of the molecule is COc1cc(-c2ccc3ncc(C(=O)C4CC4)c(N(N)C4C5CC6CC(C5)CC4C6)c3c2)cc(Cl)c1O. The maximum atomic E-state index is 13.5. The minimum Gasteiger partial charge on any atom is -0.503 e. The lowest BCUT2D eigenvalue weighted by molar-refractivity contribution is -0.00288. The van der Waals surface area contributed by atoms with Crippen LogP contribution >= 0.6 is 11.6 Å². The number of aromatic hydroxyl groups is 1. The number of ketones is 1. The third kappa shape index (κ3) is 3.79. The van der Waals surface area contributed by atoms with E-state index in [1.165, 1.54) is 39.2 Å². The van der Waals surface area contributed by atoms with Crippen LogP contribution in [0.1, 0.15) is 55.3 Å². The maximum absolute atomic E-state index is 13.5. The van der Waals surface area contributed by atoms with Crippen LogP contribution in [0.15, 0.2) is 36.5 Å². The predicted octanol–water partition coefficient (Wildman–Crippen LogP) is 6.37. The van der Waals surface area contributed by atoms with Crippen LogP contribution < -0.4 is 15.6 Å². The van der Waals surface area contributed by atoms with Crippen molar-refractivity contribution in [2.75, 3.05) is 12.1 Å². The molecule has 2 aromatic carbocycles. The van der Waals surface area contributed by atoms with Crippen molar-refractivity contribution in [3.05, 3.63) is 47.1 Å². The molecule has 5 aliphatic carbocycles. The molecule has 5 saturated carbocycles. The van der Waals surface area contributed by atoms with Gasteiger partial charge in [-0.25, -0.2) is 5.84 Å². The highest BCUT2D eigenvalue weighted by molar-refractivity contribution is 6.32. The third-order valence-electron chi connectivity index (χ3n) is 9.39. The molecular formula is C30H32ClN3O3. The summed E-state index contributed by atoms with van der Waals surface area (Å²) in [5.41, 5.74) is 3.97. The zero-order valence-electron chi connectivity index (χ0n) is 21.0. The number of hydrazine groups is 1. The second kappa shape index (κ2) is 8.60. The van der Waals surface area contributed by atoms with Crippen LogP contribution in [0.25, 0.3) is 22.0 Å². The summed E-state index contributed by atoms with van der Waals surface area (Å²) >= 11 is 6.31. The first kappa shape index (κ1) is 23.3. The Hall–Kier alpha value is -2.83. The number of anilines is 1. The lowest BCUT2D eigenvalue weighted by Gasteiger charge is -2.56. The number of hydrogen-bond donors (Lipinski definition) is 2. The van der Waals surface area contributed by atoms with Gasteiger partial charge in [-0.3, -0.25) is 9.78 Å². The number of carbonyl (C=O) groups is 1. The van der Waals surface area contributed by atoms with E-state index in [1.807, 2.05) is 17.1 Å². The van der Waals surface area contributed by atoms with Crippen molar-refractivity contribution in [1.82, 2.24) is 4.98 Å². The zero-order valence-corrected chi connectivity index (χ0v) is 21.7. The highest BCUT2D eigenvalue weighted by atomic mass is 35.5. The molecule has 6 nitrogen and oxygen atoms in total. The molecule has 0 spiro atoms. The van der Waals surface area contributed by atoms with E-state index in [9.17, 15) is 9.90 Å². The van der Waals surface area contributed by atoms with Crippen molar-refractivity contribution in [3.8, 4) is 22.6 Å². The molecule has 5 aliphatic rings. The van der Waals surface area contributed by atoms with Crippen LogP contribution in [-0.4, -0.2) is 29.0 Å². The Bertz CT molecular complexity index is 1390. The number of phenolic OH excluding ortho intramolecular Hbond substituents is 1. The number of carbonyl (C=O) groups excluding carboxylic acids is 1. The number of halogens is 1. The van der Waals surface area contributed by atoms with E-state index in [4.69, 9.17) is 27.2 Å². The monoisotopic (exact) mass is 517 g/mol. The molecule has 0 atom stereocenters. The third-order valence-corrected chi connectivity index (χ3v) is 9.68. The number of benzene rings is 2. The number of rotatable bonds is 6. The van der Waals surface area contributed by atoms with Gasteiger partial charge >= 0.3 is 0 Å². The lowest BCUT2D eigenvalue weighted by atomic mass is 9.54. The summed E-state index contributed by atoms with van der Waals surface area (Å²) < 4.78 is 5.34. The summed E-state index contributed by atoms with van der Waals surface area (Å²) in [5.74, 6) is 10.4. The molecule has 8 rings (SSSR count). The standard InChI is InChI=1S/C30H32ClN3O3/c1-37-26-13-19(12-24(31)30(26)36)18-4-5-25-22(11-18)28(23(14-33-25)29(35)17-2-3-17)34(32)27-20-7-15-6-16(9-20)10-21(27)8-15/h4-5,11-17,20-21,27,36H,2-3,6-10,32H2,1H3. The molecule has 1 aromatic heterocycles. The molecule has 0 aliphatic heterocycles. The van der Waals surface area contributed by atoms with Crippen molar-refractivity contribution >= 4 is 34.0 Å². The fourth-order valence-corrected chi connectivity index (χ4v) is 7.99. The molecule has 192 valence electrons. The normalized spacial score (nSPS) is 28.0. The number of aromatic nitrogens is 1. The molecule has 7 heteroatoms.